The number of likely N-dealkylation sites (N-methyl/N-ethyl adjacent to an activating group) is 1. The van der Waals surface area contributed by atoms with E-state index in [1.54, 1.807) is 0 Å². The molecule has 5 heteroatoms. The Morgan fingerprint density at radius 2 is 2.00 bits per heavy atom. The van der Waals surface area contributed by atoms with Gasteiger partial charge in [-0.25, -0.2) is 0 Å². The fourth-order valence-corrected chi connectivity index (χ4v) is 3.13. The van der Waals surface area contributed by atoms with E-state index < -0.39 is 0 Å². The Morgan fingerprint density at radius 1 is 1.30 bits per heavy atom. The predicted molar refractivity (Wildman–Crippen MR) is 80.3 cm³/mol. The van der Waals surface area contributed by atoms with E-state index in [4.69, 9.17) is 5.73 Å². The van der Waals surface area contributed by atoms with E-state index in [9.17, 15) is 4.79 Å². The highest BCUT2D eigenvalue weighted by molar-refractivity contribution is 5.95. The average molecular weight is 274 g/mol. The summed E-state index contributed by atoms with van der Waals surface area (Å²) in [5.74, 6) is 0.117. The molecule has 0 unspecified atom stereocenters. The monoisotopic (exact) mass is 274 g/mol. The first kappa shape index (κ1) is 13.4. The normalized spacial score (nSPS) is 20.8. The van der Waals surface area contributed by atoms with Crippen LogP contribution in [0.3, 0.4) is 0 Å². The number of hydrogen-bond acceptors (Lipinski definition) is 4. The topological polar surface area (TPSA) is 61.6 Å². The fraction of sp³-hybridized carbons (Fsp3) is 0.533. The van der Waals surface area contributed by atoms with Crippen molar-refractivity contribution in [3.63, 3.8) is 0 Å². The van der Waals surface area contributed by atoms with Crippen LogP contribution >= 0.6 is 0 Å². The molecule has 2 aliphatic heterocycles. The van der Waals surface area contributed by atoms with Gasteiger partial charge in [0.25, 0.3) is 0 Å². The van der Waals surface area contributed by atoms with Gasteiger partial charge in [0.15, 0.2) is 0 Å². The van der Waals surface area contributed by atoms with E-state index in [1.807, 2.05) is 12.1 Å². The van der Waals surface area contributed by atoms with E-state index in [2.05, 4.69) is 28.2 Å². The third kappa shape index (κ3) is 2.51. The minimum Gasteiger partial charge on any atom is -0.369 e. The van der Waals surface area contributed by atoms with Gasteiger partial charge in [-0.15, -0.1) is 0 Å². The molecule has 2 heterocycles. The molecule has 0 bridgehead atoms. The van der Waals surface area contributed by atoms with Crippen molar-refractivity contribution in [2.75, 3.05) is 51.2 Å². The minimum atomic E-state index is -0.318. The van der Waals surface area contributed by atoms with Gasteiger partial charge in [0.2, 0.25) is 5.91 Å². The number of anilines is 1. The summed E-state index contributed by atoms with van der Waals surface area (Å²) >= 11 is 0. The molecule has 2 fully saturated rings. The molecule has 3 rings (SSSR count). The summed E-state index contributed by atoms with van der Waals surface area (Å²) in [7, 11) is 2.10. The Labute approximate surface area is 119 Å². The summed E-state index contributed by atoms with van der Waals surface area (Å²) in [5, 5.41) is 3.36. The van der Waals surface area contributed by atoms with Crippen LogP contribution in [0.1, 0.15) is 21.8 Å². The lowest BCUT2D eigenvalue weighted by atomic mass is 9.87. The van der Waals surface area contributed by atoms with Crippen LogP contribution in [0.15, 0.2) is 18.2 Å². The summed E-state index contributed by atoms with van der Waals surface area (Å²) in [5.41, 5.74) is 8.53. The number of nitrogens with two attached hydrogens (primary N) is 1. The number of hydrogen-bond donors (Lipinski definition) is 2. The number of carbonyl (C=O) groups is 1. The van der Waals surface area contributed by atoms with Crippen molar-refractivity contribution in [3.8, 4) is 0 Å². The molecule has 0 aromatic heterocycles. The molecule has 0 atom stereocenters. The van der Waals surface area contributed by atoms with Crippen LogP contribution in [0.2, 0.25) is 0 Å². The van der Waals surface area contributed by atoms with Crippen LogP contribution in [-0.2, 0) is 0 Å². The maximum Gasteiger partial charge on any atom is 0.248 e. The highest BCUT2D eigenvalue weighted by Crippen LogP contribution is 2.31. The summed E-state index contributed by atoms with van der Waals surface area (Å²) in [6.07, 6.45) is 0. The number of carbonyl (C=O) groups excluding carboxylic acids is 1. The van der Waals surface area contributed by atoms with Gasteiger partial charge in [-0.1, -0.05) is 0 Å². The zero-order valence-electron chi connectivity index (χ0n) is 11.9. The zero-order valence-corrected chi connectivity index (χ0v) is 11.9. The smallest absolute Gasteiger partial charge is 0.248 e. The molecule has 0 aliphatic carbocycles. The lowest BCUT2D eigenvalue weighted by molar-refractivity contribution is 0.0996. The van der Waals surface area contributed by atoms with Crippen molar-refractivity contribution in [3.05, 3.63) is 29.3 Å². The van der Waals surface area contributed by atoms with Crippen LogP contribution in [0.4, 0.5) is 5.69 Å². The molecule has 2 saturated heterocycles. The van der Waals surface area contributed by atoms with Crippen LogP contribution in [-0.4, -0.2) is 57.1 Å². The van der Waals surface area contributed by atoms with Gasteiger partial charge in [-0.2, -0.15) is 0 Å². The standard InChI is InChI=1S/C15H22N4O/c1-18-9-11(10-18)14-8-12(2-3-13(14)15(16)20)19-6-4-17-5-7-19/h2-3,8,11,17H,4-7,9-10H2,1H3,(H2,16,20). The second-order valence-corrected chi connectivity index (χ2v) is 5.79. The first-order valence-corrected chi connectivity index (χ1v) is 7.23. The number of nitrogens with one attached hydrogen (secondary N) is 1. The Kier molecular flexibility index (Phi) is 3.63. The van der Waals surface area contributed by atoms with E-state index in [1.165, 1.54) is 5.69 Å². The van der Waals surface area contributed by atoms with Crippen molar-refractivity contribution >= 4 is 11.6 Å². The first-order chi connectivity index (χ1) is 9.65. The Morgan fingerprint density at radius 3 is 2.60 bits per heavy atom. The summed E-state index contributed by atoms with van der Waals surface area (Å²) in [4.78, 5) is 16.2. The summed E-state index contributed by atoms with van der Waals surface area (Å²) < 4.78 is 0. The van der Waals surface area contributed by atoms with Gasteiger partial charge < -0.3 is 20.9 Å². The van der Waals surface area contributed by atoms with Gasteiger partial charge in [0, 0.05) is 56.4 Å². The van der Waals surface area contributed by atoms with Gasteiger partial charge in [0.05, 0.1) is 0 Å². The number of rotatable bonds is 3. The second kappa shape index (κ2) is 5.42. The molecule has 20 heavy (non-hydrogen) atoms. The van der Waals surface area contributed by atoms with E-state index in [0.29, 0.717) is 11.5 Å². The molecule has 0 radical (unpaired) electrons. The SMILES string of the molecule is CN1CC(c2cc(N3CCNCC3)ccc2C(N)=O)C1. The summed E-state index contributed by atoms with van der Waals surface area (Å²) in [6, 6.07) is 6.09. The largest absolute Gasteiger partial charge is 0.369 e. The van der Waals surface area contributed by atoms with Crippen molar-refractivity contribution in [1.82, 2.24) is 10.2 Å². The number of piperazine rings is 1. The maximum absolute atomic E-state index is 11.6. The first-order valence-electron chi connectivity index (χ1n) is 7.23. The molecular formula is C15H22N4O. The van der Waals surface area contributed by atoms with Crippen LogP contribution in [0.25, 0.3) is 0 Å². The molecule has 3 N–H and O–H groups in total. The predicted octanol–water partition coefficient (Wildman–Crippen LogP) is 0.224. The van der Waals surface area contributed by atoms with Crippen LogP contribution < -0.4 is 16.0 Å². The lowest BCUT2D eigenvalue weighted by Crippen LogP contribution is -2.44. The molecule has 1 aromatic rings. The molecule has 108 valence electrons. The minimum absolute atomic E-state index is 0.318. The van der Waals surface area contributed by atoms with Crippen LogP contribution in [0, 0.1) is 0 Å². The Hall–Kier alpha value is -1.59. The third-order valence-corrected chi connectivity index (χ3v) is 4.29. The molecule has 0 spiro atoms. The molecule has 2 aliphatic rings. The second-order valence-electron chi connectivity index (χ2n) is 5.79. The maximum atomic E-state index is 11.6. The highest BCUT2D eigenvalue weighted by Gasteiger charge is 2.28. The van der Waals surface area contributed by atoms with Crippen molar-refractivity contribution in [1.29, 1.82) is 0 Å². The number of likely N-dealkylation sites (tertiary alicyclic amines) is 1. The van der Waals surface area contributed by atoms with Gasteiger partial charge in [-0.05, 0) is 30.8 Å². The molecular weight excluding hydrogens is 252 g/mol. The van der Waals surface area contributed by atoms with Gasteiger partial charge >= 0.3 is 0 Å². The third-order valence-electron chi connectivity index (χ3n) is 4.29. The van der Waals surface area contributed by atoms with Crippen molar-refractivity contribution in [2.45, 2.75) is 5.92 Å². The molecule has 0 saturated carbocycles. The van der Waals surface area contributed by atoms with Crippen molar-refractivity contribution < 1.29 is 4.79 Å². The quantitative estimate of drug-likeness (QED) is 0.828. The average Bonchev–Trinajstić information content (AvgIpc) is 2.44. The Balaban J connectivity index is 1.89. The molecule has 1 amide bonds. The lowest BCUT2D eigenvalue weighted by Gasteiger charge is -2.38. The number of primary amides is 1. The van der Waals surface area contributed by atoms with Crippen LogP contribution in [0.5, 0.6) is 0 Å². The number of benzene rings is 1. The van der Waals surface area contributed by atoms with E-state index in [-0.39, 0.29) is 5.91 Å². The highest BCUT2D eigenvalue weighted by atomic mass is 16.1. The fourth-order valence-electron chi connectivity index (χ4n) is 3.13. The van der Waals surface area contributed by atoms with Gasteiger partial charge in [0.1, 0.15) is 0 Å². The zero-order chi connectivity index (χ0) is 14.1. The summed E-state index contributed by atoms with van der Waals surface area (Å²) in [6.45, 7) is 6.06. The van der Waals surface area contributed by atoms with E-state index in [0.717, 1.165) is 44.8 Å². The van der Waals surface area contributed by atoms with E-state index >= 15 is 0 Å². The van der Waals surface area contributed by atoms with Gasteiger partial charge in [-0.3, -0.25) is 4.79 Å². The number of amides is 1. The molecule has 1 aromatic carbocycles. The van der Waals surface area contributed by atoms with Crippen molar-refractivity contribution in [2.24, 2.45) is 5.73 Å². The Bertz CT molecular complexity index is 505. The number of nitrogens with zero attached hydrogens (tertiary/aromatic N) is 2. The molecule has 5 nitrogen and oxygen atoms in total.